The van der Waals surface area contributed by atoms with Crippen molar-refractivity contribution >= 4 is 0 Å². The zero-order valence-corrected chi connectivity index (χ0v) is 25.1. The van der Waals surface area contributed by atoms with Gasteiger partial charge in [-0.2, -0.15) is 8.78 Å². The van der Waals surface area contributed by atoms with Crippen LogP contribution >= 0.6 is 0 Å². The predicted molar refractivity (Wildman–Crippen MR) is 161 cm³/mol. The largest absolute Gasteiger partial charge is 0.454 e. The minimum atomic E-state index is -4.26. The molecule has 0 saturated carbocycles. The number of benzene rings is 3. The van der Waals surface area contributed by atoms with Gasteiger partial charge >= 0.3 is 6.11 Å². The van der Waals surface area contributed by atoms with Gasteiger partial charge in [0.1, 0.15) is 22.9 Å². The number of hydrogen-bond donors (Lipinski definition) is 0. The van der Waals surface area contributed by atoms with Gasteiger partial charge in [0.05, 0.1) is 0 Å². The van der Waals surface area contributed by atoms with E-state index in [-0.39, 0.29) is 11.5 Å². The van der Waals surface area contributed by atoms with Crippen molar-refractivity contribution in [3.63, 3.8) is 0 Å². The number of rotatable bonds is 20. The van der Waals surface area contributed by atoms with Crippen molar-refractivity contribution in [1.82, 2.24) is 0 Å². The summed E-state index contributed by atoms with van der Waals surface area (Å²) in [7, 11) is 0. The SMILES string of the molecule is CCCCCCCCCc1ccc(OC(F)(F)c2c(F)c[c]c(Oc3ccc(CCCCCCCC)cc3)c2F)cc1. The lowest BCUT2D eigenvalue weighted by atomic mass is 10.0. The number of unbranched alkanes of at least 4 members (excludes halogenated alkanes) is 11. The quantitative estimate of drug-likeness (QED) is 0.0970. The molecule has 3 aromatic rings. The van der Waals surface area contributed by atoms with Gasteiger partial charge in [-0.15, -0.1) is 0 Å². The van der Waals surface area contributed by atoms with Gasteiger partial charge in [0.15, 0.2) is 11.6 Å². The van der Waals surface area contributed by atoms with E-state index < -0.39 is 29.1 Å². The summed E-state index contributed by atoms with van der Waals surface area (Å²) in [6, 6.07) is 16.2. The lowest BCUT2D eigenvalue weighted by Gasteiger charge is -2.20. The number of alkyl halides is 2. The number of hydrogen-bond acceptors (Lipinski definition) is 2. The van der Waals surface area contributed by atoms with E-state index in [0.717, 1.165) is 49.7 Å². The molecule has 3 aromatic carbocycles. The monoisotopic (exact) mass is 585 g/mol. The minimum absolute atomic E-state index is 0.182. The average Bonchev–Trinajstić information content (AvgIpc) is 2.97. The van der Waals surface area contributed by atoms with Gasteiger partial charge in [-0.05, 0) is 67.1 Å². The summed E-state index contributed by atoms with van der Waals surface area (Å²) in [6.45, 7) is 4.38. The van der Waals surface area contributed by atoms with E-state index in [1.807, 2.05) is 12.1 Å². The highest BCUT2D eigenvalue weighted by Gasteiger charge is 2.42. The Kier molecular flexibility index (Phi) is 14.2. The summed E-state index contributed by atoms with van der Waals surface area (Å²) in [6.07, 6.45) is 13.0. The molecule has 6 heteroatoms. The maximum atomic E-state index is 15.2. The fourth-order valence-corrected chi connectivity index (χ4v) is 4.98. The second-order valence-electron chi connectivity index (χ2n) is 11.1. The van der Waals surface area contributed by atoms with Gasteiger partial charge in [-0.3, -0.25) is 0 Å². The third-order valence-corrected chi connectivity index (χ3v) is 7.48. The van der Waals surface area contributed by atoms with Gasteiger partial charge in [0.2, 0.25) is 0 Å². The molecule has 2 nitrogen and oxygen atoms in total. The van der Waals surface area contributed by atoms with Crippen molar-refractivity contribution in [1.29, 1.82) is 0 Å². The van der Waals surface area contributed by atoms with Crippen LogP contribution in [0.1, 0.15) is 114 Å². The smallest absolute Gasteiger partial charge is 0.432 e. The molecule has 0 saturated heterocycles. The van der Waals surface area contributed by atoms with Crippen LogP contribution in [0.5, 0.6) is 17.2 Å². The first-order valence-corrected chi connectivity index (χ1v) is 15.7. The molecule has 0 N–H and O–H groups in total. The van der Waals surface area contributed by atoms with Crippen molar-refractivity contribution in [3.05, 3.63) is 89.0 Å². The Labute approximate surface area is 249 Å². The van der Waals surface area contributed by atoms with Crippen LogP contribution in [-0.4, -0.2) is 0 Å². The van der Waals surface area contributed by atoms with Crippen molar-refractivity contribution in [2.24, 2.45) is 0 Å². The van der Waals surface area contributed by atoms with E-state index in [1.165, 1.54) is 69.9 Å². The summed E-state index contributed by atoms with van der Waals surface area (Å²) in [4.78, 5) is 0. The van der Waals surface area contributed by atoms with Crippen LogP contribution < -0.4 is 9.47 Å². The van der Waals surface area contributed by atoms with Gasteiger partial charge < -0.3 is 9.47 Å². The van der Waals surface area contributed by atoms with Crippen LogP contribution in [0.15, 0.2) is 54.6 Å². The third-order valence-electron chi connectivity index (χ3n) is 7.48. The van der Waals surface area contributed by atoms with E-state index in [0.29, 0.717) is 6.07 Å². The Morgan fingerprint density at radius 2 is 1.07 bits per heavy atom. The molecule has 3 rings (SSSR count). The molecule has 0 aromatic heterocycles. The second-order valence-corrected chi connectivity index (χ2v) is 11.1. The van der Waals surface area contributed by atoms with Crippen molar-refractivity contribution in [3.8, 4) is 17.2 Å². The zero-order valence-electron chi connectivity index (χ0n) is 25.1. The fraction of sp³-hybridized carbons (Fsp3) is 0.500. The molecule has 0 amide bonds. The molecule has 0 unspecified atom stereocenters. The predicted octanol–water partition coefficient (Wildman–Crippen LogP) is 11.9. The molecule has 0 aliphatic rings. The van der Waals surface area contributed by atoms with Gasteiger partial charge in [0.25, 0.3) is 0 Å². The Balaban J connectivity index is 1.56. The first kappa shape index (κ1) is 33.5. The number of halogens is 4. The molecule has 0 aliphatic heterocycles. The van der Waals surface area contributed by atoms with E-state index in [9.17, 15) is 4.39 Å². The minimum Gasteiger partial charge on any atom is -0.454 e. The Morgan fingerprint density at radius 1 is 0.619 bits per heavy atom. The summed E-state index contributed by atoms with van der Waals surface area (Å²) < 4.78 is 70.0. The van der Waals surface area contributed by atoms with Crippen molar-refractivity contribution in [2.75, 3.05) is 0 Å². The zero-order chi connectivity index (χ0) is 30.2. The highest BCUT2D eigenvalue weighted by molar-refractivity contribution is 5.38. The number of aryl methyl sites for hydroxylation is 2. The Bertz CT molecular complexity index is 1180. The molecule has 42 heavy (non-hydrogen) atoms. The van der Waals surface area contributed by atoms with Crippen LogP contribution in [-0.2, 0) is 19.0 Å². The summed E-state index contributed by atoms with van der Waals surface area (Å²) in [5, 5.41) is 0. The second kappa shape index (κ2) is 17.8. The normalized spacial score (nSPS) is 11.6. The summed E-state index contributed by atoms with van der Waals surface area (Å²) in [5.74, 6) is -3.57. The van der Waals surface area contributed by atoms with Crippen LogP contribution in [0.3, 0.4) is 0 Å². The molecule has 229 valence electrons. The van der Waals surface area contributed by atoms with E-state index in [2.05, 4.69) is 19.9 Å². The molecule has 0 bridgehead atoms. The maximum absolute atomic E-state index is 15.2. The van der Waals surface area contributed by atoms with E-state index in [4.69, 9.17) is 9.47 Å². The highest BCUT2D eigenvalue weighted by Crippen LogP contribution is 2.39. The van der Waals surface area contributed by atoms with Crippen LogP contribution in [0, 0.1) is 17.7 Å². The molecular weight excluding hydrogens is 540 g/mol. The fourth-order valence-electron chi connectivity index (χ4n) is 4.98. The molecule has 0 atom stereocenters. The van der Waals surface area contributed by atoms with Gasteiger partial charge in [-0.1, -0.05) is 109 Å². The van der Waals surface area contributed by atoms with Gasteiger partial charge in [-0.25, -0.2) is 8.78 Å². The molecule has 0 spiro atoms. The summed E-state index contributed by atoms with van der Waals surface area (Å²) >= 11 is 0. The average molecular weight is 586 g/mol. The van der Waals surface area contributed by atoms with E-state index in [1.54, 1.807) is 24.3 Å². The van der Waals surface area contributed by atoms with E-state index >= 15 is 13.2 Å². The Morgan fingerprint density at radius 3 is 1.57 bits per heavy atom. The lowest BCUT2D eigenvalue weighted by Crippen LogP contribution is -2.25. The van der Waals surface area contributed by atoms with Crippen LogP contribution in [0.25, 0.3) is 0 Å². The summed E-state index contributed by atoms with van der Waals surface area (Å²) in [5.41, 5.74) is 0.595. The standard InChI is InChI=1S/C36H45F4O2/c1-3-5-7-9-11-13-15-17-29-20-24-31(25-21-29)42-36(39,40)34-32(37)26-27-33(35(34)38)41-30-22-18-28(19-23-30)16-14-12-10-8-6-4-2/h18-26H,3-17H2,1-2H3. The third kappa shape index (κ3) is 11.0. The molecule has 0 aliphatic carbocycles. The molecule has 1 radical (unpaired) electrons. The first-order valence-electron chi connectivity index (χ1n) is 15.7. The highest BCUT2D eigenvalue weighted by atomic mass is 19.3. The molecular formula is C36H45F4O2. The topological polar surface area (TPSA) is 18.5 Å². The molecule has 0 heterocycles. The molecule has 0 fully saturated rings. The maximum Gasteiger partial charge on any atom is 0.432 e. The van der Waals surface area contributed by atoms with Crippen molar-refractivity contribution in [2.45, 2.75) is 116 Å². The lowest BCUT2D eigenvalue weighted by molar-refractivity contribution is -0.189. The van der Waals surface area contributed by atoms with Crippen LogP contribution in [0.4, 0.5) is 17.6 Å². The Hall–Kier alpha value is -3.02. The number of ether oxygens (including phenoxy) is 2. The van der Waals surface area contributed by atoms with Crippen molar-refractivity contribution < 1.29 is 27.0 Å². The van der Waals surface area contributed by atoms with Crippen LogP contribution in [0.2, 0.25) is 0 Å². The first-order chi connectivity index (χ1) is 20.3. The van der Waals surface area contributed by atoms with Gasteiger partial charge in [0, 0.05) is 6.07 Å².